The van der Waals surface area contributed by atoms with E-state index in [0.717, 1.165) is 23.2 Å². The summed E-state index contributed by atoms with van der Waals surface area (Å²) in [5.41, 5.74) is 3.30. The molecule has 178 valence electrons. The highest BCUT2D eigenvalue weighted by Gasteiger charge is 2.40. The second kappa shape index (κ2) is 11.4. The van der Waals surface area contributed by atoms with E-state index in [0.29, 0.717) is 44.6 Å². The lowest BCUT2D eigenvalue weighted by molar-refractivity contribution is -0.136. The number of likely N-dealkylation sites (N-methyl/N-ethyl adjacent to an activating group) is 1. The fourth-order valence-electron chi connectivity index (χ4n) is 4.32. The van der Waals surface area contributed by atoms with Gasteiger partial charge in [0.1, 0.15) is 0 Å². The van der Waals surface area contributed by atoms with Crippen LogP contribution in [-0.2, 0) is 16.0 Å². The summed E-state index contributed by atoms with van der Waals surface area (Å²) in [5.74, 6) is 0.0259. The van der Waals surface area contributed by atoms with E-state index in [2.05, 4.69) is 27.7 Å². The van der Waals surface area contributed by atoms with Gasteiger partial charge in [0.2, 0.25) is 5.91 Å². The third-order valence-electron chi connectivity index (χ3n) is 6.18. The summed E-state index contributed by atoms with van der Waals surface area (Å²) < 4.78 is 5.61. The maximum absolute atomic E-state index is 13.4. The molecule has 0 radical (unpaired) electrons. The number of hydrogen-bond donors (Lipinski definition) is 2. The minimum absolute atomic E-state index is 0.0767. The second-order valence-corrected chi connectivity index (χ2v) is 9.49. The zero-order chi connectivity index (χ0) is 23.8. The Morgan fingerprint density at radius 2 is 1.79 bits per heavy atom. The van der Waals surface area contributed by atoms with Crippen LogP contribution in [0.5, 0.6) is 0 Å². The van der Waals surface area contributed by atoms with E-state index in [4.69, 9.17) is 4.74 Å². The van der Waals surface area contributed by atoms with Gasteiger partial charge in [0.15, 0.2) is 0 Å². The minimum Gasteiger partial charge on any atom is -0.381 e. The predicted molar refractivity (Wildman–Crippen MR) is 132 cm³/mol. The van der Waals surface area contributed by atoms with Crippen molar-refractivity contribution >= 4 is 11.8 Å². The molecule has 33 heavy (non-hydrogen) atoms. The first-order valence-corrected chi connectivity index (χ1v) is 11.8. The quantitative estimate of drug-likeness (QED) is 0.612. The number of nitrogens with zero attached hydrogens (tertiary/aromatic N) is 1. The molecular formula is C27H37N3O3. The standard InChI is InChI=1S/C27H37N3O3/c1-20(2)29-25(31)22-10-7-9-21(18-22)24-11-6-5-8-23(24)19-27(12-16-33-17-13-27)26(32)28-14-15-30(3)4/h5-11,18,20H,12-17,19H2,1-4H3,(H,28,32)(H,29,31). The van der Waals surface area contributed by atoms with Gasteiger partial charge in [-0.05, 0) is 76.0 Å². The topological polar surface area (TPSA) is 70.7 Å². The molecule has 1 saturated heterocycles. The van der Waals surface area contributed by atoms with Crippen LogP contribution in [-0.4, -0.2) is 63.2 Å². The predicted octanol–water partition coefficient (Wildman–Crippen LogP) is 3.51. The van der Waals surface area contributed by atoms with E-state index < -0.39 is 5.41 Å². The number of benzene rings is 2. The Kier molecular flexibility index (Phi) is 8.64. The average molecular weight is 452 g/mol. The maximum Gasteiger partial charge on any atom is 0.251 e. The first-order valence-electron chi connectivity index (χ1n) is 11.8. The van der Waals surface area contributed by atoms with Crippen LogP contribution in [0.3, 0.4) is 0 Å². The summed E-state index contributed by atoms with van der Waals surface area (Å²) in [6.07, 6.45) is 2.04. The van der Waals surface area contributed by atoms with Gasteiger partial charge in [-0.3, -0.25) is 9.59 Å². The molecular weight excluding hydrogens is 414 g/mol. The van der Waals surface area contributed by atoms with Crippen molar-refractivity contribution in [2.24, 2.45) is 5.41 Å². The molecule has 0 atom stereocenters. The monoisotopic (exact) mass is 451 g/mol. The van der Waals surface area contributed by atoms with Gasteiger partial charge in [-0.25, -0.2) is 0 Å². The summed E-state index contributed by atoms with van der Waals surface area (Å²) in [7, 11) is 4.00. The molecule has 6 nitrogen and oxygen atoms in total. The number of rotatable bonds is 9. The lowest BCUT2D eigenvalue weighted by Crippen LogP contribution is -2.47. The number of amides is 2. The van der Waals surface area contributed by atoms with Crippen molar-refractivity contribution in [2.75, 3.05) is 40.4 Å². The number of ether oxygens (including phenoxy) is 1. The number of carbonyl (C=O) groups excluding carboxylic acids is 2. The summed E-state index contributed by atoms with van der Waals surface area (Å²) in [6.45, 7) is 6.52. The molecule has 0 aromatic heterocycles. The zero-order valence-electron chi connectivity index (χ0n) is 20.3. The molecule has 0 spiro atoms. The summed E-state index contributed by atoms with van der Waals surface area (Å²) in [6, 6.07) is 16.0. The van der Waals surface area contributed by atoms with Crippen LogP contribution >= 0.6 is 0 Å². The largest absolute Gasteiger partial charge is 0.381 e. The van der Waals surface area contributed by atoms with Crippen molar-refractivity contribution in [3.05, 3.63) is 59.7 Å². The van der Waals surface area contributed by atoms with Gasteiger partial charge in [-0.2, -0.15) is 0 Å². The molecule has 6 heteroatoms. The third-order valence-corrected chi connectivity index (χ3v) is 6.18. The highest BCUT2D eigenvalue weighted by molar-refractivity contribution is 5.95. The summed E-state index contributed by atoms with van der Waals surface area (Å²) >= 11 is 0. The van der Waals surface area contributed by atoms with E-state index in [-0.39, 0.29) is 17.9 Å². The maximum atomic E-state index is 13.4. The minimum atomic E-state index is -0.493. The van der Waals surface area contributed by atoms with Crippen molar-refractivity contribution < 1.29 is 14.3 Å². The van der Waals surface area contributed by atoms with Gasteiger partial charge in [-0.1, -0.05) is 36.4 Å². The lowest BCUT2D eigenvalue weighted by Gasteiger charge is -2.36. The Bertz CT molecular complexity index is 949. The molecule has 0 aliphatic carbocycles. The van der Waals surface area contributed by atoms with Crippen molar-refractivity contribution in [2.45, 2.75) is 39.2 Å². The van der Waals surface area contributed by atoms with Crippen LogP contribution in [0.25, 0.3) is 11.1 Å². The van der Waals surface area contributed by atoms with Gasteiger partial charge >= 0.3 is 0 Å². The Hall–Kier alpha value is -2.70. The van der Waals surface area contributed by atoms with Gasteiger partial charge in [0.25, 0.3) is 5.91 Å². The molecule has 2 amide bonds. The number of hydrogen-bond acceptors (Lipinski definition) is 4. The summed E-state index contributed by atoms with van der Waals surface area (Å²) in [5, 5.41) is 6.11. The molecule has 1 aliphatic rings. The lowest BCUT2D eigenvalue weighted by atomic mass is 9.73. The van der Waals surface area contributed by atoms with Crippen molar-refractivity contribution in [1.29, 1.82) is 0 Å². The summed E-state index contributed by atoms with van der Waals surface area (Å²) in [4.78, 5) is 28.0. The zero-order valence-corrected chi connectivity index (χ0v) is 20.3. The first-order chi connectivity index (χ1) is 15.8. The Morgan fingerprint density at radius 3 is 2.48 bits per heavy atom. The van der Waals surface area contributed by atoms with E-state index in [9.17, 15) is 9.59 Å². The van der Waals surface area contributed by atoms with Crippen molar-refractivity contribution in [3.63, 3.8) is 0 Å². The molecule has 0 unspecified atom stereocenters. The third kappa shape index (κ3) is 6.65. The Labute approximate surface area is 197 Å². The van der Waals surface area contributed by atoms with Crippen LogP contribution in [0.4, 0.5) is 0 Å². The highest BCUT2D eigenvalue weighted by Crippen LogP contribution is 2.37. The van der Waals surface area contributed by atoms with Crippen LogP contribution in [0, 0.1) is 5.41 Å². The van der Waals surface area contributed by atoms with E-state index in [1.807, 2.05) is 64.3 Å². The molecule has 2 aromatic carbocycles. The van der Waals surface area contributed by atoms with Crippen LogP contribution in [0.15, 0.2) is 48.5 Å². The Balaban J connectivity index is 1.88. The fraction of sp³-hybridized carbons (Fsp3) is 0.481. The first kappa shape index (κ1) is 24.9. The average Bonchev–Trinajstić information content (AvgIpc) is 2.79. The molecule has 3 rings (SSSR count). The van der Waals surface area contributed by atoms with E-state index >= 15 is 0 Å². The van der Waals surface area contributed by atoms with Crippen LogP contribution < -0.4 is 10.6 Å². The Morgan fingerprint density at radius 1 is 1.06 bits per heavy atom. The second-order valence-electron chi connectivity index (χ2n) is 9.49. The number of nitrogens with one attached hydrogen (secondary N) is 2. The number of carbonyl (C=O) groups is 2. The molecule has 2 aromatic rings. The molecule has 0 saturated carbocycles. The van der Waals surface area contributed by atoms with Crippen molar-refractivity contribution in [1.82, 2.24) is 15.5 Å². The molecule has 0 bridgehead atoms. The van der Waals surface area contributed by atoms with Crippen LogP contribution in [0.2, 0.25) is 0 Å². The fourth-order valence-corrected chi connectivity index (χ4v) is 4.32. The van der Waals surface area contributed by atoms with Gasteiger partial charge in [0.05, 0.1) is 5.41 Å². The normalized spacial score (nSPS) is 15.5. The van der Waals surface area contributed by atoms with Gasteiger partial charge < -0.3 is 20.3 Å². The highest BCUT2D eigenvalue weighted by atomic mass is 16.5. The van der Waals surface area contributed by atoms with Crippen LogP contribution in [0.1, 0.15) is 42.6 Å². The van der Waals surface area contributed by atoms with Crippen molar-refractivity contribution in [3.8, 4) is 11.1 Å². The van der Waals surface area contributed by atoms with E-state index in [1.165, 1.54) is 0 Å². The molecule has 1 fully saturated rings. The smallest absolute Gasteiger partial charge is 0.251 e. The SMILES string of the molecule is CC(C)NC(=O)c1cccc(-c2ccccc2CC2(C(=O)NCCN(C)C)CCOCC2)c1. The van der Waals surface area contributed by atoms with Gasteiger partial charge in [0, 0.05) is 37.9 Å². The molecule has 1 heterocycles. The molecule has 2 N–H and O–H groups in total. The van der Waals surface area contributed by atoms with E-state index in [1.54, 1.807) is 0 Å². The van der Waals surface area contributed by atoms with Gasteiger partial charge in [-0.15, -0.1) is 0 Å². The molecule has 1 aliphatic heterocycles.